The van der Waals surface area contributed by atoms with E-state index in [9.17, 15) is 17.2 Å². The van der Waals surface area contributed by atoms with Gasteiger partial charge in [0.25, 0.3) is 6.43 Å². The molecule has 0 spiro atoms. The average molecular weight is 453 g/mol. The largest absolute Gasteiger partial charge is 0.377 e. The second-order valence-corrected chi connectivity index (χ2v) is 11.7. The Kier molecular flexibility index (Phi) is 6.00. The van der Waals surface area contributed by atoms with Crippen molar-refractivity contribution in [3.8, 4) is 0 Å². The van der Waals surface area contributed by atoms with E-state index in [1.807, 2.05) is 28.8 Å². The summed E-state index contributed by atoms with van der Waals surface area (Å²) in [5.41, 5.74) is 3.31. The molecule has 1 aliphatic heterocycles. The van der Waals surface area contributed by atoms with Crippen molar-refractivity contribution in [3.05, 3.63) is 41.6 Å². The number of alkyl halides is 2. The zero-order valence-corrected chi connectivity index (χ0v) is 19.0. The molecule has 0 radical (unpaired) electrons. The summed E-state index contributed by atoms with van der Waals surface area (Å²) in [6, 6.07) is 4.24. The van der Waals surface area contributed by atoms with Crippen LogP contribution in [0.25, 0.3) is 16.5 Å². The lowest BCUT2D eigenvalue weighted by Gasteiger charge is -2.20. The Morgan fingerprint density at radius 2 is 2.00 bits per heavy atom. The molecule has 8 heteroatoms. The van der Waals surface area contributed by atoms with Gasteiger partial charge in [-0.3, -0.25) is 0 Å². The van der Waals surface area contributed by atoms with Crippen LogP contribution >= 0.6 is 0 Å². The van der Waals surface area contributed by atoms with Crippen molar-refractivity contribution in [1.82, 2.24) is 9.29 Å². The molecular formula is C23H30F2N2O3S. The summed E-state index contributed by atoms with van der Waals surface area (Å²) >= 11 is 0. The van der Waals surface area contributed by atoms with Crippen LogP contribution < -0.4 is 4.72 Å². The molecule has 5 nitrogen and oxygen atoms in total. The normalized spacial score (nSPS) is 19.1. The molecular weight excluding hydrogens is 422 g/mol. The van der Waals surface area contributed by atoms with Gasteiger partial charge in [-0.2, -0.15) is 0 Å². The number of halogens is 2. The minimum absolute atomic E-state index is 0.0784. The number of rotatable bonds is 7. The highest BCUT2D eigenvalue weighted by molar-refractivity contribution is 7.90. The number of ether oxygens (including phenoxy) is 1. The number of nitrogens with one attached hydrogen (secondary N) is 1. The lowest BCUT2D eigenvalue weighted by molar-refractivity contribution is 0.109. The molecule has 1 N–H and O–H groups in total. The minimum atomic E-state index is -3.76. The lowest BCUT2D eigenvalue weighted by Crippen LogP contribution is -2.35. The SMILES string of the molecule is CC(C)(C)Cn1cc(C(NS(=O)(=O)C2CC2)C(F)F)c2ccc(C3=CCOCC3)cc21. The molecule has 1 aromatic heterocycles. The molecule has 1 unspecified atom stereocenters. The van der Waals surface area contributed by atoms with Gasteiger partial charge in [0.1, 0.15) is 6.04 Å². The van der Waals surface area contributed by atoms with Gasteiger partial charge in [0.15, 0.2) is 0 Å². The molecule has 0 amide bonds. The van der Waals surface area contributed by atoms with Gasteiger partial charge in [-0.1, -0.05) is 39.0 Å². The predicted octanol–water partition coefficient (Wildman–Crippen LogP) is 4.88. The number of benzene rings is 1. The minimum Gasteiger partial charge on any atom is -0.377 e. The van der Waals surface area contributed by atoms with E-state index in [0.717, 1.165) is 17.5 Å². The Hall–Kier alpha value is -1.77. The van der Waals surface area contributed by atoms with Crippen LogP contribution in [0.3, 0.4) is 0 Å². The van der Waals surface area contributed by atoms with E-state index in [2.05, 4.69) is 25.5 Å². The summed E-state index contributed by atoms with van der Waals surface area (Å²) in [5, 5.41) is 0.105. The highest BCUT2D eigenvalue weighted by Gasteiger charge is 2.40. The smallest absolute Gasteiger partial charge is 0.258 e. The number of hydrogen-bond acceptors (Lipinski definition) is 3. The van der Waals surface area contributed by atoms with Gasteiger partial charge in [0.2, 0.25) is 10.0 Å². The van der Waals surface area contributed by atoms with E-state index >= 15 is 0 Å². The maximum absolute atomic E-state index is 14.1. The van der Waals surface area contributed by atoms with E-state index in [0.29, 0.717) is 43.5 Å². The summed E-state index contributed by atoms with van der Waals surface area (Å²) in [4.78, 5) is 0. The lowest BCUT2D eigenvalue weighted by atomic mass is 9.96. The molecule has 4 rings (SSSR count). The van der Waals surface area contributed by atoms with E-state index < -0.39 is 27.7 Å². The Morgan fingerprint density at radius 1 is 1.26 bits per heavy atom. The van der Waals surface area contributed by atoms with Crippen LogP contribution in [0.5, 0.6) is 0 Å². The van der Waals surface area contributed by atoms with Crippen LogP contribution in [0.4, 0.5) is 8.78 Å². The quantitative estimate of drug-likeness (QED) is 0.651. The number of aromatic nitrogens is 1. The maximum atomic E-state index is 14.1. The van der Waals surface area contributed by atoms with Gasteiger partial charge < -0.3 is 9.30 Å². The molecule has 1 aromatic carbocycles. The van der Waals surface area contributed by atoms with E-state index in [1.54, 1.807) is 6.20 Å². The van der Waals surface area contributed by atoms with Crippen molar-refractivity contribution in [2.75, 3.05) is 13.2 Å². The van der Waals surface area contributed by atoms with E-state index in [-0.39, 0.29) is 5.41 Å². The number of hydrogen-bond donors (Lipinski definition) is 1. The Balaban J connectivity index is 1.81. The second kappa shape index (κ2) is 8.30. The average Bonchev–Trinajstić information content (AvgIpc) is 3.51. The van der Waals surface area contributed by atoms with Crippen molar-refractivity contribution in [2.24, 2.45) is 5.41 Å². The van der Waals surface area contributed by atoms with Crippen LogP contribution in [0.1, 0.15) is 57.2 Å². The third-order valence-electron chi connectivity index (χ3n) is 5.73. The number of fused-ring (bicyclic) bond motifs is 1. The molecule has 2 aromatic rings. The molecule has 1 atom stereocenters. The molecule has 2 heterocycles. The zero-order chi connectivity index (χ0) is 22.4. The second-order valence-electron chi connectivity index (χ2n) is 9.73. The molecule has 2 aliphatic rings. The summed E-state index contributed by atoms with van der Waals surface area (Å²) in [5.74, 6) is 0. The topological polar surface area (TPSA) is 60.3 Å². The first-order chi connectivity index (χ1) is 14.5. The fourth-order valence-electron chi connectivity index (χ4n) is 4.10. The first-order valence-corrected chi connectivity index (χ1v) is 12.3. The van der Waals surface area contributed by atoms with E-state index in [1.165, 1.54) is 5.57 Å². The fraction of sp³-hybridized carbons (Fsp3) is 0.565. The standard InChI is InChI=1S/C23H30F2N2O3S/c1-23(2,3)14-27-13-19(21(22(24)25)26-31(28,29)17-5-6-17)18-7-4-16(12-20(18)27)15-8-10-30-11-9-15/h4,7-8,12-13,17,21-22,26H,5-6,9-11,14H2,1-3H3. The number of nitrogens with zero attached hydrogens (tertiary/aromatic N) is 1. The first-order valence-electron chi connectivity index (χ1n) is 10.7. The predicted molar refractivity (Wildman–Crippen MR) is 119 cm³/mol. The molecule has 0 bridgehead atoms. The van der Waals surface area contributed by atoms with Crippen LogP contribution in [0, 0.1) is 5.41 Å². The van der Waals surface area contributed by atoms with Gasteiger partial charge in [0.05, 0.1) is 18.5 Å². The summed E-state index contributed by atoms with van der Waals surface area (Å²) in [6.07, 6.45) is 2.76. The molecule has 1 aliphatic carbocycles. The van der Waals surface area contributed by atoms with Crippen LogP contribution in [-0.2, 0) is 21.3 Å². The summed E-state index contributed by atoms with van der Waals surface area (Å²) < 4.78 is 62.7. The Morgan fingerprint density at radius 3 is 2.58 bits per heavy atom. The Bertz CT molecular complexity index is 1100. The summed E-state index contributed by atoms with van der Waals surface area (Å²) in [7, 11) is -3.76. The van der Waals surface area contributed by atoms with Crippen molar-refractivity contribution in [3.63, 3.8) is 0 Å². The van der Waals surface area contributed by atoms with Gasteiger partial charge in [-0.15, -0.1) is 0 Å². The third-order valence-corrected chi connectivity index (χ3v) is 7.66. The van der Waals surface area contributed by atoms with Gasteiger partial charge in [0, 0.05) is 29.2 Å². The van der Waals surface area contributed by atoms with Crippen LogP contribution in [-0.4, -0.2) is 37.9 Å². The Labute approximate surface area is 182 Å². The fourth-order valence-corrected chi connectivity index (χ4v) is 5.63. The van der Waals surface area contributed by atoms with Crippen LogP contribution in [0.15, 0.2) is 30.5 Å². The van der Waals surface area contributed by atoms with Gasteiger partial charge in [-0.25, -0.2) is 21.9 Å². The van der Waals surface area contributed by atoms with Crippen LogP contribution in [0.2, 0.25) is 0 Å². The van der Waals surface area contributed by atoms with E-state index in [4.69, 9.17) is 4.74 Å². The molecule has 1 saturated carbocycles. The molecule has 31 heavy (non-hydrogen) atoms. The first kappa shape index (κ1) is 22.4. The van der Waals surface area contributed by atoms with Gasteiger partial charge in [-0.05, 0) is 41.9 Å². The molecule has 170 valence electrons. The molecule has 1 fully saturated rings. The monoisotopic (exact) mass is 452 g/mol. The van der Waals surface area contributed by atoms with Crippen molar-refractivity contribution >= 4 is 26.5 Å². The summed E-state index contributed by atoms with van der Waals surface area (Å²) in [6.45, 7) is 8.12. The van der Waals surface area contributed by atoms with Crippen molar-refractivity contribution in [1.29, 1.82) is 0 Å². The third kappa shape index (κ3) is 5.02. The van der Waals surface area contributed by atoms with Crippen molar-refractivity contribution < 1.29 is 21.9 Å². The zero-order valence-electron chi connectivity index (χ0n) is 18.2. The molecule has 0 saturated heterocycles. The highest BCUT2D eigenvalue weighted by atomic mass is 32.2. The maximum Gasteiger partial charge on any atom is 0.258 e. The number of sulfonamides is 1. The van der Waals surface area contributed by atoms with Gasteiger partial charge >= 0.3 is 0 Å². The van der Waals surface area contributed by atoms with Crippen molar-refractivity contribution in [2.45, 2.75) is 64.3 Å². The highest BCUT2D eigenvalue weighted by Crippen LogP contribution is 2.36.